The first kappa shape index (κ1) is 23.2. The van der Waals surface area contributed by atoms with E-state index >= 15 is 0 Å². The van der Waals surface area contributed by atoms with Crippen molar-refractivity contribution >= 4 is 15.9 Å². The third kappa shape index (κ3) is 5.42. The summed E-state index contributed by atoms with van der Waals surface area (Å²) in [5, 5.41) is 3.18. The van der Waals surface area contributed by atoms with E-state index in [-0.39, 0.29) is 11.7 Å². The van der Waals surface area contributed by atoms with E-state index in [1.165, 1.54) is 12.8 Å². The summed E-state index contributed by atoms with van der Waals surface area (Å²) in [7, 11) is -3.22. The van der Waals surface area contributed by atoms with E-state index in [9.17, 15) is 13.2 Å². The molecule has 1 aromatic rings. The Morgan fingerprint density at radius 2 is 1.87 bits per heavy atom. The van der Waals surface area contributed by atoms with Crippen molar-refractivity contribution in [3.8, 4) is 0 Å². The standard InChI is InChI=1S/C23H37N3O3S/c1-3-30(28,29)26-17-12-23(13-18-26,21-10-5-4-6-11-21)22(27)24-14-8-16-25-15-7-9-20(2)19-25/h4-6,10-11,20H,3,7-9,12-19H2,1-2H3,(H,24,27). The van der Waals surface area contributed by atoms with E-state index in [1.54, 1.807) is 11.2 Å². The molecule has 1 atom stereocenters. The number of piperidine rings is 2. The maximum atomic E-state index is 13.4. The van der Waals surface area contributed by atoms with Crippen molar-refractivity contribution < 1.29 is 13.2 Å². The number of hydrogen-bond acceptors (Lipinski definition) is 4. The first-order chi connectivity index (χ1) is 14.4. The van der Waals surface area contributed by atoms with Gasteiger partial charge in [0.1, 0.15) is 0 Å². The Hall–Kier alpha value is -1.44. The Morgan fingerprint density at radius 1 is 1.17 bits per heavy atom. The van der Waals surface area contributed by atoms with E-state index in [1.807, 2.05) is 30.3 Å². The van der Waals surface area contributed by atoms with Gasteiger partial charge < -0.3 is 10.2 Å². The average molecular weight is 436 g/mol. The molecular formula is C23H37N3O3S. The molecule has 2 aliphatic heterocycles. The van der Waals surface area contributed by atoms with Crippen molar-refractivity contribution in [1.29, 1.82) is 0 Å². The zero-order valence-corrected chi connectivity index (χ0v) is 19.3. The number of carbonyl (C=O) groups excluding carboxylic acids is 1. The number of benzene rings is 1. The molecule has 1 N–H and O–H groups in total. The molecule has 0 aromatic heterocycles. The molecule has 2 fully saturated rings. The number of rotatable bonds is 8. The van der Waals surface area contributed by atoms with E-state index in [0.29, 0.717) is 32.5 Å². The fraction of sp³-hybridized carbons (Fsp3) is 0.696. The number of amides is 1. The zero-order valence-electron chi connectivity index (χ0n) is 18.5. The molecule has 1 aromatic carbocycles. The first-order valence-electron chi connectivity index (χ1n) is 11.4. The first-order valence-corrected chi connectivity index (χ1v) is 13.0. The predicted molar refractivity (Wildman–Crippen MR) is 121 cm³/mol. The lowest BCUT2D eigenvalue weighted by atomic mass is 9.72. The summed E-state index contributed by atoms with van der Waals surface area (Å²) >= 11 is 0. The van der Waals surface area contributed by atoms with Crippen LogP contribution in [0.15, 0.2) is 30.3 Å². The summed E-state index contributed by atoms with van der Waals surface area (Å²) in [5.74, 6) is 0.903. The molecule has 0 radical (unpaired) electrons. The van der Waals surface area contributed by atoms with Crippen LogP contribution < -0.4 is 5.32 Å². The minimum Gasteiger partial charge on any atom is -0.355 e. The highest BCUT2D eigenvalue weighted by atomic mass is 32.2. The Bertz CT molecular complexity index is 789. The Balaban J connectivity index is 1.61. The lowest BCUT2D eigenvalue weighted by Crippen LogP contribution is -2.53. The van der Waals surface area contributed by atoms with Crippen molar-refractivity contribution in [3.05, 3.63) is 35.9 Å². The van der Waals surface area contributed by atoms with Crippen LogP contribution in [-0.2, 0) is 20.2 Å². The molecule has 30 heavy (non-hydrogen) atoms. The lowest BCUT2D eigenvalue weighted by Gasteiger charge is -2.40. The van der Waals surface area contributed by atoms with Crippen LogP contribution in [0.2, 0.25) is 0 Å². The van der Waals surface area contributed by atoms with E-state index in [0.717, 1.165) is 37.5 Å². The quantitative estimate of drug-likeness (QED) is 0.637. The van der Waals surface area contributed by atoms with Gasteiger partial charge in [-0.2, -0.15) is 0 Å². The largest absolute Gasteiger partial charge is 0.355 e. The van der Waals surface area contributed by atoms with Gasteiger partial charge in [-0.3, -0.25) is 4.79 Å². The monoisotopic (exact) mass is 435 g/mol. The molecule has 0 saturated carbocycles. The van der Waals surface area contributed by atoms with Crippen LogP contribution in [0.5, 0.6) is 0 Å². The summed E-state index contributed by atoms with van der Waals surface area (Å²) in [6.45, 7) is 8.76. The second-order valence-electron chi connectivity index (χ2n) is 8.91. The van der Waals surface area contributed by atoms with Gasteiger partial charge in [0.05, 0.1) is 11.2 Å². The summed E-state index contributed by atoms with van der Waals surface area (Å²) < 4.78 is 26.1. The molecule has 3 rings (SSSR count). The van der Waals surface area contributed by atoms with E-state index in [2.05, 4.69) is 17.1 Å². The van der Waals surface area contributed by atoms with Crippen LogP contribution in [-0.4, -0.2) is 68.6 Å². The average Bonchev–Trinajstić information content (AvgIpc) is 2.77. The summed E-state index contributed by atoms with van der Waals surface area (Å²) in [6.07, 6.45) is 4.57. The van der Waals surface area contributed by atoms with Crippen molar-refractivity contribution in [3.63, 3.8) is 0 Å². The smallest absolute Gasteiger partial charge is 0.230 e. The van der Waals surface area contributed by atoms with Crippen LogP contribution in [0.3, 0.4) is 0 Å². The maximum Gasteiger partial charge on any atom is 0.230 e. The third-order valence-corrected chi connectivity index (χ3v) is 8.65. The van der Waals surface area contributed by atoms with Gasteiger partial charge in [0.2, 0.25) is 15.9 Å². The number of sulfonamides is 1. The predicted octanol–water partition coefficient (Wildman–Crippen LogP) is 2.61. The molecule has 168 valence electrons. The molecule has 2 saturated heterocycles. The van der Waals surface area contributed by atoms with E-state index in [4.69, 9.17) is 0 Å². The van der Waals surface area contributed by atoms with Gasteiger partial charge in [0, 0.05) is 26.2 Å². The fourth-order valence-electron chi connectivity index (χ4n) is 4.90. The van der Waals surface area contributed by atoms with Crippen LogP contribution in [0, 0.1) is 5.92 Å². The van der Waals surface area contributed by atoms with Gasteiger partial charge in [-0.1, -0.05) is 37.3 Å². The van der Waals surface area contributed by atoms with Gasteiger partial charge in [0.25, 0.3) is 0 Å². The molecule has 0 bridgehead atoms. The number of nitrogens with one attached hydrogen (secondary N) is 1. The summed E-state index contributed by atoms with van der Waals surface area (Å²) in [5.41, 5.74) is 0.335. The maximum absolute atomic E-state index is 13.4. The second kappa shape index (κ2) is 10.2. The van der Waals surface area contributed by atoms with Crippen molar-refractivity contribution in [2.45, 2.75) is 51.4 Å². The zero-order chi connectivity index (χ0) is 21.6. The van der Waals surface area contributed by atoms with E-state index < -0.39 is 15.4 Å². The molecular weight excluding hydrogens is 398 g/mol. The highest BCUT2D eigenvalue weighted by Crippen LogP contribution is 2.36. The number of nitrogens with zero attached hydrogens (tertiary/aromatic N) is 2. The van der Waals surface area contributed by atoms with Gasteiger partial charge in [-0.15, -0.1) is 0 Å². The second-order valence-corrected chi connectivity index (χ2v) is 11.2. The molecule has 1 unspecified atom stereocenters. The molecule has 2 heterocycles. The minimum atomic E-state index is -3.22. The highest BCUT2D eigenvalue weighted by molar-refractivity contribution is 7.89. The van der Waals surface area contributed by atoms with Gasteiger partial charge in [-0.25, -0.2) is 12.7 Å². The molecule has 7 heteroatoms. The normalized spacial score (nSPS) is 23.2. The number of hydrogen-bond donors (Lipinski definition) is 1. The third-order valence-electron chi connectivity index (χ3n) is 6.77. The highest BCUT2D eigenvalue weighted by Gasteiger charge is 2.44. The fourth-order valence-corrected chi connectivity index (χ4v) is 6.00. The SMILES string of the molecule is CCS(=O)(=O)N1CCC(C(=O)NCCCN2CCCC(C)C2)(c2ccccc2)CC1. The van der Waals surface area contributed by atoms with Crippen molar-refractivity contribution in [2.75, 3.05) is 45.0 Å². The molecule has 2 aliphatic rings. The summed E-state index contributed by atoms with van der Waals surface area (Å²) in [6, 6.07) is 9.86. The molecule has 0 aliphatic carbocycles. The van der Waals surface area contributed by atoms with Gasteiger partial charge >= 0.3 is 0 Å². The number of likely N-dealkylation sites (tertiary alicyclic amines) is 1. The lowest BCUT2D eigenvalue weighted by molar-refractivity contribution is -0.128. The van der Waals surface area contributed by atoms with Gasteiger partial charge in [0.15, 0.2) is 0 Å². The Labute approximate surface area is 182 Å². The topological polar surface area (TPSA) is 69.7 Å². The van der Waals surface area contributed by atoms with Crippen molar-refractivity contribution in [1.82, 2.24) is 14.5 Å². The Morgan fingerprint density at radius 3 is 2.50 bits per heavy atom. The number of carbonyl (C=O) groups is 1. The minimum absolute atomic E-state index is 0.0364. The van der Waals surface area contributed by atoms with Crippen LogP contribution in [0.4, 0.5) is 0 Å². The van der Waals surface area contributed by atoms with Crippen LogP contribution in [0.25, 0.3) is 0 Å². The van der Waals surface area contributed by atoms with Gasteiger partial charge in [-0.05, 0) is 63.6 Å². The molecule has 0 spiro atoms. The van der Waals surface area contributed by atoms with Crippen LogP contribution in [0.1, 0.15) is 51.5 Å². The summed E-state index contributed by atoms with van der Waals surface area (Å²) in [4.78, 5) is 15.9. The van der Waals surface area contributed by atoms with Crippen molar-refractivity contribution in [2.24, 2.45) is 5.92 Å². The Kier molecular flexibility index (Phi) is 7.93. The van der Waals surface area contributed by atoms with Crippen LogP contribution >= 0.6 is 0 Å². The molecule has 1 amide bonds. The molecule has 6 nitrogen and oxygen atoms in total.